The van der Waals surface area contributed by atoms with Crippen molar-refractivity contribution >= 4 is 11.6 Å². The predicted molar refractivity (Wildman–Crippen MR) is 83.7 cm³/mol. The van der Waals surface area contributed by atoms with Gasteiger partial charge in [-0.25, -0.2) is 0 Å². The second-order valence-electron chi connectivity index (χ2n) is 6.55. The monoisotopic (exact) mass is 302 g/mol. The van der Waals surface area contributed by atoms with E-state index in [0.29, 0.717) is 17.5 Å². The normalized spacial score (nSPS) is 28.0. The van der Waals surface area contributed by atoms with E-state index in [1.54, 1.807) is 12.1 Å². The molecule has 0 unspecified atom stereocenters. The summed E-state index contributed by atoms with van der Waals surface area (Å²) in [6.45, 7) is 2.12. The van der Waals surface area contributed by atoms with Gasteiger partial charge in [-0.1, -0.05) is 12.8 Å². The van der Waals surface area contributed by atoms with Crippen LogP contribution in [0.5, 0.6) is 0 Å². The van der Waals surface area contributed by atoms with E-state index < -0.39 is 4.92 Å². The minimum absolute atomic E-state index is 0.0267. The molecule has 5 heteroatoms. The number of likely N-dealkylation sites (tertiary alicyclic amines) is 1. The van der Waals surface area contributed by atoms with Crippen LogP contribution in [0.25, 0.3) is 0 Å². The molecule has 118 valence electrons. The van der Waals surface area contributed by atoms with Gasteiger partial charge in [0.15, 0.2) is 0 Å². The number of hydrogen-bond acceptors (Lipinski definition) is 3. The van der Waals surface area contributed by atoms with Crippen LogP contribution in [0.4, 0.5) is 5.69 Å². The summed E-state index contributed by atoms with van der Waals surface area (Å²) in [4.78, 5) is 25.3. The van der Waals surface area contributed by atoms with Gasteiger partial charge in [-0.2, -0.15) is 0 Å². The number of piperidine rings is 1. The van der Waals surface area contributed by atoms with Gasteiger partial charge in [0.25, 0.3) is 11.6 Å². The number of non-ortho nitro benzene ring substituents is 1. The Morgan fingerprint density at radius 2 is 1.82 bits per heavy atom. The van der Waals surface area contributed by atoms with Crippen LogP contribution in [0.15, 0.2) is 24.3 Å². The molecule has 2 aliphatic rings. The summed E-state index contributed by atoms with van der Waals surface area (Å²) in [5.41, 5.74) is 0.586. The molecule has 1 heterocycles. The topological polar surface area (TPSA) is 63.5 Å². The number of amides is 1. The summed E-state index contributed by atoms with van der Waals surface area (Å²) in [7, 11) is 0. The van der Waals surface area contributed by atoms with E-state index in [4.69, 9.17) is 0 Å². The quantitative estimate of drug-likeness (QED) is 0.617. The first-order chi connectivity index (χ1) is 10.6. The smallest absolute Gasteiger partial charge is 0.269 e. The van der Waals surface area contributed by atoms with Gasteiger partial charge in [-0.05, 0) is 50.7 Å². The van der Waals surface area contributed by atoms with Crippen LogP contribution in [0.1, 0.15) is 55.8 Å². The van der Waals surface area contributed by atoms with E-state index in [0.717, 1.165) is 12.8 Å². The molecule has 1 amide bonds. The van der Waals surface area contributed by atoms with E-state index >= 15 is 0 Å². The second kappa shape index (κ2) is 6.07. The van der Waals surface area contributed by atoms with Gasteiger partial charge in [-0.3, -0.25) is 14.9 Å². The zero-order chi connectivity index (χ0) is 15.7. The van der Waals surface area contributed by atoms with E-state index in [1.165, 1.54) is 37.8 Å². The maximum atomic E-state index is 12.9. The van der Waals surface area contributed by atoms with Gasteiger partial charge >= 0.3 is 0 Å². The lowest BCUT2D eigenvalue weighted by Crippen LogP contribution is -2.53. The summed E-state index contributed by atoms with van der Waals surface area (Å²) in [5.74, 6) is 0.658. The summed E-state index contributed by atoms with van der Waals surface area (Å²) in [6.07, 6.45) is 7.05. The van der Waals surface area contributed by atoms with Crippen LogP contribution in [0.2, 0.25) is 0 Å². The Hall–Kier alpha value is -1.91. The van der Waals surface area contributed by atoms with Gasteiger partial charge < -0.3 is 4.90 Å². The molecule has 1 saturated heterocycles. The Morgan fingerprint density at radius 1 is 1.14 bits per heavy atom. The molecule has 1 aliphatic heterocycles. The van der Waals surface area contributed by atoms with Crippen LogP contribution >= 0.6 is 0 Å². The number of carbonyl (C=O) groups is 1. The number of benzene rings is 1. The Labute approximate surface area is 130 Å². The fourth-order valence-corrected chi connectivity index (χ4v) is 4.04. The van der Waals surface area contributed by atoms with E-state index in [9.17, 15) is 14.9 Å². The highest BCUT2D eigenvalue weighted by Crippen LogP contribution is 2.38. The first-order valence-corrected chi connectivity index (χ1v) is 8.15. The molecule has 3 rings (SSSR count). The predicted octanol–water partition coefficient (Wildman–Crippen LogP) is 3.78. The third-order valence-electron chi connectivity index (χ3n) is 5.22. The highest BCUT2D eigenvalue weighted by Gasteiger charge is 2.39. The zero-order valence-electron chi connectivity index (χ0n) is 12.9. The van der Waals surface area contributed by atoms with Crippen molar-refractivity contribution < 1.29 is 9.72 Å². The fourth-order valence-electron chi connectivity index (χ4n) is 4.04. The summed E-state index contributed by atoms with van der Waals surface area (Å²) < 4.78 is 0. The number of hydrogen-bond donors (Lipinski definition) is 0. The van der Waals surface area contributed by atoms with Gasteiger partial charge in [0.1, 0.15) is 0 Å². The Kier molecular flexibility index (Phi) is 4.14. The van der Waals surface area contributed by atoms with Gasteiger partial charge in [0, 0.05) is 29.8 Å². The molecule has 0 spiro atoms. The van der Waals surface area contributed by atoms with Crippen molar-refractivity contribution in [3.63, 3.8) is 0 Å². The van der Waals surface area contributed by atoms with E-state index in [-0.39, 0.29) is 17.6 Å². The average Bonchev–Trinajstić information content (AvgIpc) is 2.54. The minimum atomic E-state index is -0.436. The van der Waals surface area contributed by atoms with E-state index in [1.807, 2.05) is 0 Å². The summed E-state index contributed by atoms with van der Waals surface area (Å²) in [6, 6.07) is 6.60. The van der Waals surface area contributed by atoms with E-state index in [2.05, 4.69) is 11.8 Å². The molecule has 0 radical (unpaired) electrons. The molecule has 0 bridgehead atoms. The zero-order valence-corrected chi connectivity index (χ0v) is 12.9. The lowest BCUT2D eigenvalue weighted by atomic mass is 9.76. The summed E-state index contributed by atoms with van der Waals surface area (Å²) in [5, 5.41) is 10.7. The lowest BCUT2D eigenvalue weighted by Gasteiger charge is -2.47. The molecule has 1 aromatic carbocycles. The number of nitro groups is 1. The number of fused-ring (bicyclic) bond motifs is 1. The highest BCUT2D eigenvalue weighted by molar-refractivity contribution is 5.95. The van der Waals surface area contributed by atoms with Crippen molar-refractivity contribution in [1.82, 2.24) is 4.90 Å². The van der Waals surface area contributed by atoms with Crippen molar-refractivity contribution in [2.75, 3.05) is 0 Å². The Morgan fingerprint density at radius 3 is 2.50 bits per heavy atom. The molecule has 22 heavy (non-hydrogen) atoms. The SMILES string of the molecule is C[C@@H]1CC[C@H]2CCCC[C@H]2N1C(=O)c1ccc([N+](=O)[O-])cc1. The highest BCUT2D eigenvalue weighted by atomic mass is 16.6. The van der Waals surface area contributed by atoms with Crippen molar-refractivity contribution in [2.24, 2.45) is 5.92 Å². The van der Waals surface area contributed by atoms with Crippen molar-refractivity contribution in [1.29, 1.82) is 0 Å². The first-order valence-electron chi connectivity index (χ1n) is 8.15. The van der Waals surface area contributed by atoms with Gasteiger partial charge in [0.2, 0.25) is 0 Å². The first kappa shape index (κ1) is 15.0. The van der Waals surface area contributed by atoms with Crippen LogP contribution in [-0.4, -0.2) is 27.8 Å². The maximum absolute atomic E-state index is 12.9. The average molecular weight is 302 g/mol. The number of rotatable bonds is 2. The third kappa shape index (κ3) is 2.72. The second-order valence-corrected chi connectivity index (χ2v) is 6.55. The fraction of sp³-hybridized carbons (Fsp3) is 0.588. The Bertz CT molecular complexity index is 570. The molecule has 0 aromatic heterocycles. The van der Waals surface area contributed by atoms with Crippen molar-refractivity contribution in [2.45, 2.75) is 57.5 Å². The largest absolute Gasteiger partial charge is 0.333 e. The molecule has 1 aromatic rings. The van der Waals surface area contributed by atoms with Crippen LogP contribution < -0.4 is 0 Å². The standard InChI is InChI=1S/C17H22N2O3/c1-12-6-7-13-4-2-3-5-16(13)18(12)17(20)14-8-10-15(11-9-14)19(21)22/h8-13,16H,2-7H2,1H3/t12-,13-,16-/m1/s1. The van der Waals surface area contributed by atoms with Crippen molar-refractivity contribution in [3.05, 3.63) is 39.9 Å². The Balaban J connectivity index is 1.83. The molecule has 1 aliphatic carbocycles. The van der Waals surface area contributed by atoms with Gasteiger partial charge in [-0.15, -0.1) is 0 Å². The molecular formula is C17H22N2O3. The summed E-state index contributed by atoms with van der Waals surface area (Å²) >= 11 is 0. The molecule has 2 fully saturated rings. The number of nitrogens with zero attached hydrogens (tertiary/aromatic N) is 2. The molecule has 1 saturated carbocycles. The van der Waals surface area contributed by atoms with Crippen LogP contribution in [-0.2, 0) is 0 Å². The van der Waals surface area contributed by atoms with Crippen LogP contribution in [0, 0.1) is 16.0 Å². The maximum Gasteiger partial charge on any atom is 0.269 e. The minimum Gasteiger partial charge on any atom is -0.333 e. The number of nitro benzene ring substituents is 1. The number of carbonyl (C=O) groups excluding carboxylic acids is 1. The molecule has 5 nitrogen and oxygen atoms in total. The molecule has 3 atom stereocenters. The molecular weight excluding hydrogens is 280 g/mol. The molecule has 0 N–H and O–H groups in total. The van der Waals surface area contributed by atoms with Crippen LogP contribution in [0.3, 0.4) is 0 Å². The lowest BCUT2D eigenvalue weighted by molar-refractivity contribution is -0.384. The van der Waals surface area contributed by atoms with Gasteiger partial charge in [0.05, 0.1) is 4.92 Å². The van der Waals surface area contributed by atoms with Crippen molar-refractivity contribution in [3.8, 4) is 0 Å². The third-order valence-corrected chi connectivity index (χ3v) is 5.22.